The van der Waals surface area contributed by atoms with Gasteiger partial charge in [-0.15, -0.1) is 0 Å². The predicted molar refractivity (Wildman–Crippen MR) is 123 cm³/mol. The number of halogens is 1. The summed E-state index contributed by atoms with van der Waals surface area (Å²) in [5, 5.41) is 8.90. The highest BCUT2D eigenvalue weighted by atomic mass is 19.1. The standard InChI is InChI=1S/C26H34FNO3/c1-26(2,3)20-8-10-23(11-9-20)31-24-7-5-6-18(16-24)19-14-21(27)17-22(15-19)28(4)13-12-25(29)30/h5-7,14-17,20,23H,8-13H2,1-4H3,(H,29,30). The van der Waals surface area contributed by atoms with Crippen LogP contribution in [0, 0.1) is 17.2 Å². The Morgan fingerprint density at radius 3 is 2.45 bits per heavy atom. The third-order valence-corrected chi connectivity index (χ3v) is 6.35. The Morgan fingerprint density at radius 1 is 1.10 bits per heavy atom. The maximum atomic E-state index is 14.3. The maximum absolute atomic E-state index is 14.3. The van der Waals surface area contributed by atoms with Crippen LogP contribution in [-0.2, 0) is 4.79 Å². The molecule has 0 aliphatic heterocycles. The van der Waals surface area contributed by atoms with Gasteiger partial charge in [-0.25, -0.2) is 4.39 Å². The molecule has 3 rings (SSSR count). The van der Waals surface area contributed by atoms with Crippen molar-refractivity contribution in [2.45, 2.75) is 59.0 Å². The molecule has 0 unspecified atom stereocenters. The third-order valence-electron chi connectivity index (χ3n) is 6.35. The van der Waals surface area contributed by atoms with Crippen LogP contribution < -0.4 is 9.64 Å². The van der Waals surface area contributed by atoms with Gasteiger partial charge in [-0.1, -0.05) is 32.9 Å². The molecule has 1 aliphatic carbocycles. The minimum atomic E-state index is -0.871. The van der Waals surface area contributed by atoms with Crippen LogP contribution in [0.4, 0.5) is 10.1 Å². The molecule has 0 aromatic heterocycles. The molecule has 0 spiro atoms. The SMILES string of the molecule is CN(CCC(=O)O)c1cc(F)cc(-c2cccc(OC3CCC(C(C)(C)C)CC3)c2)c1. The number of carboxylic acid groups (broad SMARTS) is 1. The second kappa shape index (κ2) is 9.71. The molecule has 168 valence electrons. The van der Waals surface area contributed by atoms with Gasteiger partial charge in [0, 0.05) is 19.3 Å². The lowest BCUT2D eigenvalue weighted by atomic mass is 9.72. The highest BCUT2D eigenvalue weighted by Gasteiger charge is 2.30. The molecule has 2 aromatic carbocycles. The molecule has 1 fully saturated rings. The van der Waals surface area contributed by atoms with Gasteiger partial charge in [-0.2, -0.15) is 0 Å². The van der Waals surface area contributed by atoms with E-state index in [1.165, 1.54) is 25.0 Å². The molecule has 0 amide bonds. The Labute approximate surface area is 185 Å². The lowest BCUT2D eigenvalue weighted by Gasteiger charge is -2.37. The van der Waals surface area contributed by atoms with Crippen LogP contribution >= 0.6 is 0 Å². The van der Waals surface area contributed by atoms with Crippen molar-refractivity contribution < 1.29 is 19.0 Å². The largest absolute Gasteiger partial charge is 0.490 e. The molecule has 31 heavy (non-hydrogen) atoms. The smallest absolute Gasteiger partial charge is 0.305 e. The fraction of sp³-hybridized carbons (Fsp3) is 0.500. The second-order valence-corrected chi connectivity index (χ2v) is 9.75. The number of benzene rings is 2. The third kappa shape index (κ3) is 6.46. The van der Waals surface area contributed by atoms with E-state index in [0.717, 1.165) is 35.6 Å². The molecule has 0 bridgehead atoms. The normalized spacial score (nSPS) is 19.1. The van der Waals surface area contributed by atoms with E-state index >= 15 is 0 Å². The summed E-state index contributed by atoms with van der Waals surface area (Å²) in [5.41, 5.74) is 2.63. The van der Waals surface area contributed by atoms with Gasteiger partial charge in [-0.3, -0.25) is 4.79 Å². The predicted octanol–water partition coefficient (Wildman–Crippen LogP) is 6.39. The van der Waals surface area contributed by atoms with Crippen LogP contribution in [-0.4, -0.2) is 30.8 Å². The molecular weight excluding hydrogens is 393 g/mol. The minimum Gasteiger partial charge on any atom is -0.490 e. The molecule has 5 heteroatoms. The number of carboxylic acids is 1. The zero-order valence-electron chi connectivity index (χ0n) is 19.0. The summed E-state index contributed by atoms with van der Waals surface area (Å²) in [7, 11) is 1.77. The van der Waals surface area contributed by atoms with E-state index in [-0.39, 0.29) is 18.3 Å². The first kappa shape index (κ1) is 23.1. The quantitative estimate of drug-likeness (QED) is 0.556. The van der Waals surface area contributed by atoms with Crippen LogP contribution in [0.1, 0.15) is 52.9 Å². The van der Waals surface area contributed by atoms with Crippen molar-refractivity contribution in [3.8, 4) is 16.9 Å². The molecule has 0 saturated heterocycles. The lowest BCUT2D eigenvalue weighted by Crippen LogP contribution is -2.30. The molecule has 0 heterocycles. The van der Waals surface area contributed by atoms with Gasteiger partial charge >= 0.3 is 5.97 Å². The van der Waals surface area contributed by atoms with Crippen LogP contribution in [0.2, 0.25) is 0 Å². The summed E-state index contributed by atoms with van der Waals surface area (Å²) in [5.74, 6) is 0.329. The van der Waals surface area contributed by atoms with E-state index < -0.39 is 5.97 Å². The van der Waals surface area contributed by atoms with E-state index in [0.29, 0.717) is 17.6 Å². The van der Waals surface area contributed by atoms with E-state index in [9.17, 15) is 9.18 Å². The molecular formula is C26H34FNO3. The molecule has 1 saturated carbocycles. The zero-order valence-corrected chi connectivity index (χ0v) is 19.0. The minimum absolute atomic E-state index is 0.00311. The van der Waals surface area contributed by atoms with E-state index in [2.05, 4.69) is 20.8 Å². The molecule has 1 N–H and O–H groups in total. The Morgan fingerprint density at radius 2 is 1.81 bits per heavy atom. The van der Waals surface area contributed by atoms with Gasteiger partial charge in [0.2, 0.25) is 0 Å². The monoisotopic (exact) mass is 427 g/mol. The molecule has 0 radical (unpaired) electrons. The first-order chi connectivity index (χ1) is 14.6. The number of carbonyl (C=O) groups is 1. The average Bonchev–Trinajstić information content (AvgIpc) is 2.71. The van der Waals surface area contributed by atoms with Crippen molar-refractivity contribution in [1.82, 2.24) is 0 Å². The summed E-state index contributed by atoms with van der Waals surface area (Å²) in [4.78, 5) is 12.6. The van der Waals surface area contributed by atoms with Gasteiger partial charge < -0.3 is 14.7 Å². The fourth-order valence-corrected chi connectivity index (χ4v) is 4.34. The van der Waals surface area contributed by atoms with Crippen LogP contribution in [0.15, 0.2) is 42.5 Å². The van der Waals surface area contributed by atoms with Gasteiger partial charge in [0.15, 0.2) is 0 Å². The first-order valence-corrected chi connectivity index (χ1v) is 11.1. The first-order valence-electron chi connectivity index (χ1n) is 11.1. The summed E-state index contributed by atoms with van der Waals surface area (Å²) in [6.07, 6.45) is 4.71. The van der Waals surface area contributed by atoms with Gasteiger partial charge in [0.05, 0.1) is 12.5 Å². The number of hydrogen-bond acceptors (Lipinski definition) is 3. The van der Waals surface area contributed by atoms with Crippen LogP contribution in [0.3, 0.4) is 0 Å². The maximum Gasteiger partial charge on any atom is 0.305 e. The Kier molecular flexibility index (Phi) is 7.24. The van der Waals surface area contributed by atoms with Crippen molar-refractivity contribution in [2.75, 3.05) is 18.5 Å². The topological polar surface area (TPSA) is 49.8 Å². The number of ether oxygens (including phenoxy) is 1. The molecule has 1 aliphatic rings. The summed E-state index contributed by atoms with van der Waals surface area (Å²) in [6, 6.07) is 12.6. The van der Waals surface area contributed by atoms with Gasteiger partial charge in [0.1, 0.15) is 11.6 Å². The van der Waals surface area contributed by atoms with Crippen molar-refractivity contribution in [1.29, 1.82) is 0 Å². The summed E-state index contributed by atoms with van der Waals surface area (Å²) >= 11 is 0. The number of hydrogen-bond donors (Lipinski definition) is 1. The van der Waals surface area contributed by atoms with Crippen LogP contribution in [0.5, 0.6) is 5.75 Å². The highest BCUT2D eigenvalue weighted by molar-refractivity contribution is 5.71. The average molecular weight is 428 g/mol. The molecule has 0 atom stereocenters. The van der Waals surface area contributed by atoms with E-state index in [1.807, 2.05) is 30.3 Å². The zero-order chi connectivity index (χ0) is 22.6. The molecule has 4 nitrogen and oxygen atoms in total. The van der Waals surface area contributed by atoms with Crippen molar-refractivity contribution in [2.24, 2.45) is 11.3 Å². The number of rotatable bonds is 7. The van der Waals surface area contributed by atoms with E-state index in [1.54, 1.807) is 11.9 Å². The Hall–Kier alpha value is -2.56. The fourth-order valence-electron chi connectivity index (χ4n) is 4.34. The molecule has 2 aromatic rings. The van der Waals surface area contributed by atoms with Crippen LogP contribution in [0.25, 0.3) is 11.1 Å². The number of anilines is 1. The van der Waals surface area contributed by atoms with E-state index in [4.69, 9.17) is 9.84 Å². The van der Waals surface area contributed by atoms with Crippen molar-refractivity contribution in [3.05, 3.63) is 48.3 Å². The van der Waals surface area contributed by atoms with Gasteiger partial charge in [0.25, 0.3) is 0 Å². The van der Waals surface area contributed by atoms with Crippen molar-refractivity contribution >= 4 is 11.7 Å². The second-order valence-electron chi connectivity index (χ2n) is 9.75. The summed E-state index contributed by atoms with van der Waals surface area (Å²) < 4.78 is 20.6. The Balaban J connectivity index is 1.71. The Bertz CT molecular complexity index is 898. The number of aliphatic carboxylic acids is 1. The van der Waals surface area contributed by atoms with Crippen molar-refractivity contribution in [3.63, 3.8) is 0 Å². The number of nitrogens with zero attached hydrogens (tertiary/aromatic N) is 1. The highest BCUT2D eigenvalue weighted by Crippen LogP contribution is 2.39. The lowest BCUT2D eigenvalue weighted by molar-refractivity contribution is -0.136. The summed E-state index contributed by atoms with van der Waals surface area (Å²) in [6.45, 7) is 7.26. The van der Waals surface area contributed by atoms with Gasteiger partial charge in [-0.05, 0) is 78.5 Å².